The van der Waals surface area contributed by atoms with Crippen LogP contribution in [-0.4, -0.2) is 37.5 Å². The van der Waals surface area contributed by atoms with Gasteiger partial charge in [0, 0.05) is 26.7 Å². The molecule has 1 fully saturated rings. The summed E-state index contributed by atoms with van der Waals surface area (Å²) in [5, 5.41) is 6.58. The van der Waals surface area contributed by atoms with Crippen molar-refractivity contribution in [1.29, 1.82) is 0 Å². The van der Waals surface area contributed by atoms with Crippen LogP contribution in [0.5, 0.6) is 0 Å². The molecule has 0 unspecified atom stereocenters. The van der Waals surface area contributed by atoms with E-state index in [1.165, 1.54) is 37.1 Å². The van der Waals surface area contributed by atoms with Gasteiger partial charge in [-0.2, -0.15) is 0 Å². The molecule has 1 aromatic rings. The Kier molecular flexibility index (Phi) is 10.0. The summed E-state index contributed by atoms with van der Waals surface area (Å²) in [6.45, 7) is 11.1. The maximum Gasteiger partial charge on any atom is 0.191 e. The van der Waals surface area contributed by atoms with Crippen LogP contribution in [-0.2, 0) is 13.1 Å². The van der Waals surface area contributed by atoms with Crippen LogP contribution in [0, 0.1) is 5.92 Å². The van der Waals surface area contributed by atoms with Gasteiger partial charge < -0.3 is 10.6 Å². The molecule has 0 spiro atoms. The summed E-state index contributed by atoms with van der Waals surface area (Å²) in [4.78, 5) is 6.80. The van der Waals surface area contributed by atoms with Crippen molar-refractivity contribution in [3.05, 3.63) is 48.0 Å². The van der Waals surface area contributed by atoms with Crippen molar-refractivity contribution in [2.45, 2.75) is 32.9 Å². The van der Waals surface area contributed by atoms with Gasteiger partial charge >= 0.3 is 0 Å². The van der Waals surface area contributed by atoms with E-state index in [1.54, 1.807) is 7.05 Å². The largest absolute Gasteiger partial charge is 0.353 e. The van der Waals surface area contributed by atoms with Crippen LogP contribution in [0.3, 0.4) is 0 Å². The Morgan fingerprint density at radius 1 is 1.25 bits per heavy atom. The fourth-order valence-corrected chi connectivity index (χ4v) is 2.91. The summed E-state index contributed by atoms with van der Waals surface area (Å²) in [6, 6.07) is 8.69. The molecule has 0 atom stereocenters. The number of likely N-dealkylation sites (tertiary alicyclic amines) is 1. The number of nitrogens with one attached hydrogen (secondary N) is 2. The van der Waals surface area contributed by atoms with Crippen LogP contribution in [0.1, 0.15) is 30.9 Å². The smallest absolute Gasteiger partial charge is 0.191 e. The van der Waals surface area contributed by atoms with Gasteiger partial charge in [-0.15, -0.1) is 30.6 Å². The van der Waals surface area contributed by atoms with E-state index >= 15 is 0 Å². The summed E-state index contributed by atoms with van der Waals surface area (Å²) in [7, 11) is 1.79. The molecule has 0 amide bonds. The highest BCUT2D eigenvalue weighted by Gasteiger charge is 2.16. The lowest BCUT2D eigenvalue weighted by Gasteiger charge is -2.30. The van der Waals surface area contributed by atoms with Gasteiger partial charge in [-0.3, -0.25) is 9.89 Å². The zero-order valence-corrected chi connectivity index (χ0v) is 17.3. The van der Waals surface area contributed by atoms with Crippen molar-refractivity contribution in [2.24, 2.45) is 10.9 Å². The van der Waals surface area contributed by atoms with Crippen LogP contribution in [0.25, 0.3) is 0 Å². The predicted octanol–water partition coefficient (Wildman–Crippen LogP) is 3.39. The second kappa shape index (κ2) is 11.5. The molecule has 24 heavy (non-hydrogen) atoms. The van der Waals surface area contributed by atoms with Gasteiger partial charge in [0.2, 0.25) is 0 Å². The third kappa shape index (κ3) is 6.81. The van der Waals surface area contributed by atoms with E-state index in [2.05, 4.69) is 58.3 Å². The summed E-state index contributed by atoms with van der Waals surface area (Å²) >= 11 is 0. The molecule has 1 saturated heterocycles. The number of nitrogens with zero attached hydrogens (tertiary/aromatic N) is 2. The molecule has 0 saturated carbocycles. The summed E-state index contributed by atoms with van der Waals surface area (Å²) < 4.78 is 0. The SMILES string of the molecule is C=CCNC(=NC)NCc1ccccc1CN1CCC(C)CC1.I. The maximum absolute atomic E-state index is 4.23. The normalized spacial score (nSPS) is 16.3. The van der Waals surface area contributed by atoms with Crippen LogP contribution < -0.4 is 10.6 Å². The van der Waals surface area contributed by atoms with Crippen LogP contribution in [0.2, 0.25) is 0 Å². The van der Waals surface area contributed by atoms with Gasteiger partial charge in [0.15, 0.2) is 5.96 Å². The average Bonchev–Trinajstić information content (AvgIpc) is 2.58. The van der Waals surface area contributed by atoms with Crippen LogP contribution in [0.4, 0.5) is 0 Å². The topological polar surface area (TPSA) is 39.7 Å². The van der Waals surface area contributed by atoms with Crippen LogP contribution in [0.15, 0.2) is 41.9 Å². The number of halogens is 1. The van der Waals surface area contributed by atoms with Crippen molar-refractivity contribution in [3.63, 3.8) is 0 Å². The maximum atomic E-state index is 4.23. The van der Waals surface area contributed by atoms with E-state index in [0.29, 0.717) is 6.54 Å². The third-order valence-electron chi connectivity index (χ3n) is 4.47. The summed E-state index contributed by atoms with van der Waals surface area (Å²) in [6.07, 6.45) is 4.47. The van der Waals surface area contributed by atoms with Crippen molar-refractivity contribution in [2.75, 3.05) is 26.7 Å². The second-order valence-corrected chi connectivity index (χ2v) is 6.32. The fourth-order valence-electron chi connectivity index (χ4n) is 2.91. The van der Waals surface area contributed by atoms with Gasteiger partial charge in [-0.1, -0.05) is 37.3 Å². The van der Waals surface area contributed by atoms with Gasteiger partial charge in [0.1, 0.15) is 0 Å². The Labute approximate surface area is 163 Å². The summed E-state index contributed by atoms with van der Waals surface area (Å²) in [5.74, 6) is 1.69. The fraction of sp³-hybridized carbons (Fsp3) is 0.526. The van der Waals surface area contributed by atoms with E-state index in [9.17, 15) is 0 Å². The Morgan fingerprint density at radius 3 is 2.54 bits per heavy atom. The lowest BCUT2D eigenvalue weighted by Crippen LogP contribution is -2.37. The summed E-state index contributed by atoms with van der Waals surface area (Å²) in [5.41, 5.74) is 2.75. The number of aliphatic imine (C=N–C) groups is 1. The molecule has 1 aliphatic heterocycles. The first-order valence-electron chi connectivity index (χ1n) is 8.57. The molecule has 0 aromatic heterocycles. The standard InChI is InChI=1S/C19H30N4.HI/c1-4-11-21-19(20-3)22-14-17-7-5-6-8-18(17)15-23-12-9-16(2)10-13-23;/h4-8,16H,1,9-15H2,2-3H3,(H2,20,21,22);1H. The van der Waals surface area contributed by atoms with E-state index < -0.39 is 0 Å². The molecule has 1 heterocycles. The molecule has 5 heteroatoms. The van der Waals surface area contributed by atoms with Gasteiger partial charge in [-0.05, 0) is 43.0 Å². The first kappa shape index (κ1) is 21.0. The molecular weight excluding hydrogens is 411 g/mol. The van der Waals surface area contributed by atoms with Crippen molar-refractivity contribution in [3.8, 4) is 0 Å². The van der Waals surface area contributed by atoms with Gasteiger partial charge in [-0.25, -0.2) is 0 Å². The Bertz CT molecular complexity index is 522. The minimum atomic E-state index is 0. The molecule has 4 nitrogen and oxygen atoms in total. The molecular formula is C19H31IN4. The van der Waals surface area contributed by atoms with Crippen molar-refractivity contribution >= 4 is 29.9 Å². The Balaban J connectivity index is 0.00000288. The molecule has 0 aliphatic carbocycles. The van der Waals surface area contributed by atoms with Gasteiger partial charge in [0.05, 0.1) is 0 Å². The van der Waals surface area contributed by atoms with Crippen LogP contribution >= 0.6 is 24.0 Å². The van der Waals surface area contributed by atoms with Gasteiger partial charge in [0.25, 0.3) is 0 Å². The first-order chi connectivity index (χ1) is 11.2. The highest BCUT2D eigenvalue weighted by molar-refractivity contribution is 14.0. The Morgan fingerprint density at radius 2 is 1.92 bits per heavy atom. The lowest BCUT2D eigenvalue weighted by atomic mass is 9.98. The lowest BCUT2D eigenvalue weighted by molar-refractivity contribution is 0.185. The number of rotatable bonds is 6. The zero-order valence-electron chi connectivity index (χ0n) is 14.9. The number of hydrogen-bond donors (Lipinski definition) is 2. The first-order valence-corrected chi connectivity index (χ1v) is 8.57. The minimum absolute atomic E-state index is 0. The number of piperidine rings is 1. The van der Waals surface area contributed by atoms with E-state index in [0.717, 1.165) is 25.0 Å². The molecule has 134 valence electrons. The molecule has 1 aromatic carbocycles. The quantitative estimate of drug-likeness (QED) is 0.307. The highest BCUT2D eigenvalue weighted by Crippen LogP contribution is 2.19. The third-order valence-corrected chi connectivity index (χ3v) is 4.47. The minimum Gasteiger partial charge on any atom is -0.353 e. The monoisotopic (exact) mass is 442 g/mol. The van der Waals surface area contributed by atoms with Crippen molar-refractivity contribution < 1.29 is 0 Å². The molecule has 0 bridgehead atoms. The molecule has 2 rings (SSSR count). The molecule has 2 N–H and O–H groups in total. The highest BCUT2D eigenvalue weighted by atomic mass is 127. The number of hydrogen-bond acceptors (Lipinski definition) is 2. The molecule has 0 radical (unpaired) electrons. The zero-order chi connectivity index (χ0) is 16.5. The van der Waals surface area contributed by atoms with E-state index in [1.807, 2.05) is 6.08 Å². The predicted molar refractivity (Wildman–Crippen MR) is 114 cm³/mol. The van der Waals surface area contributed by atoms with Crippen molar-refractivity contribution in [1.82, 2.24) is 15.5 Å². The Hall–Kier alpha value is -1.08. The van der Waals surface area contributed by atoms with E-state index in [-0.39, 0.29) is 24.0 Å². The number of guanidine groups is 1. The molecule has 1 aliphatic rings. The number of benzene rings is 1. The average molecular weight is 442 g/mol. The second-order valence-electron chi connectivity index (χ2n) is 6.32. The van der Waals surface area contributed by atoms with E-state index in [4.69, 9.17) is 0 Å².